The number of furan rings is 1. The van der Waals surface area contributed by atoms with Crippen LogP contribution < -0.4 is 19.7 Å². The van der Waals surface area contributed by atoms with E-state index in [2.05, 4.69) is 14.9 Å². The van der Waals surface area contributed by atoms with Crippen LogP contribution in [0, 0.1) is 0 Å². The zero-order chi connectivity index (χ0) is 22.6. The van der Waals surface area contributed by atoms with Gasteiger partial charge in [0.1, 0.15) is 16.9 Å². The Morgan fingerprint density at radius 1 is 1.00 bits per heavy atom. The average Bonchev–Trinajstić information content (AvgIpc) is 3.35. The molecule has 2 N–H and O–H groups in total. The molecule has 0 radical (unpaired) electrons. The number of methoxy groups -OCH3 is 1. The van der Waals surface area contributed by atoms with Crippen molar-refractivity contribution in [1.29, 1.82) is 0 Å². The van der Waals surface area contributed by atoms with E-state index < -0.39 is 10.0 Å². The van der Waals surface area contributed by atoms with Crippen LogP contribution in [-0.4, -0.2) is 34.5 Å². The van der Waals surface area contributed by atoms with Gasteiger partial charge in [0, 0.05) is 24.5 Å². The van der Waals surface area contributed by atoms with Gasteiger partial charge in [0.2, 0.25) is 0 Å². The molecule has 2 heterocycles. The largest absolute Gasteiger partial charge is 0.497 e. The van der Waals surface area contributed by atoms with Crippen LogP contribution in [-0.2, 0) is 10.0 Å². The number of nitrogens with one attached hydrogen (secondary N) is 2. The summed E-state index contributed by atoms with van der Waals surface area (Å²) in [7, 11) is -2.38. The number of anilines is 3. The molecule has 3 aromatic rings. The molecule has 1 amide bonds. The van der Waals surface area contributed by atoms with Crippen LogP contribution in [0.3, 0.4) is 0 Å². The lowest BCUT2D eigenvalue weighted by molar-refractivity contribution is 0.102. The maximum absolute atomic E-state index is 13.4. The maximum atomic E-state index is 13.4. The minimum absolute atomic E-state index is 0.111. The first kappa shape index (κ1) is 21.8. The predicted molar refractivity (Wildman–Crippen MR) is 123 cm³/mol. The van der Waals surface area contributed by atoms with E-state index >= 15 is 0 Å². The molecule has 1 aromatic heterocycles. The van der Waals surface area contributed by atoms with E-state index in [4.69, 9.17) is 9.15 Å². The van der Waals surface area contributed by atoms with E-state index in [0.29, 0.717) is 28.4 Å². The van der Waals surface area contributed by atoms with Gasteiger partial charge in [-0.15, -0.1) is 0 Å². The second-order valence-corrected chi connectivity index (χ2v) is 9.18. The van der Waals surface area contributed by atoms with Crippen molar-refractivity contribution >= 4 is 33.0 Å². The highest BCUT2D eigenvalue weighted by molar-refractivity contribution is 7.92. The van der Waals surface area contributed by atoms with Crippen LogP contribution in [0.25, 0.3) is 0 Å². The standard InChI is InChI=1S/C23H25N3O5S/c1-30-20-8-5-18(6-9-20)25-32(28,29)22-15-19(24-23(27)17-11-14-31-16-17)7-10-21(22)26-12-3-2-4-13-26/h5-11,14-16,25H,2-4,12-13H2,1H3,(H,24,27). The molecule has 0 unspecified atom stereocenters. The smallest absolute Gasteiger partial charge is 0.264 e. The van der Waals surface area contributed by atoms with E-state index in [9.17, 15) is 13.2 Å². The lowest BCUT2D eigenvalue weighted by Crippen LogP contribution is -2.31. The molecule has 1 aliphatic rings. The fourth-order valence-corrected chi connectivity index (χ4v) is 4.98. The molecule has 32 heavy (non-hydrogen) atoms. The summed E-state index contributed by atoms with van der Waals surface area (Å²) in [6.45, 7) is 1.57. The molecule has 0 atom stereocenters. The molecule has 4 rings (SSSR count). The summed E-state index contributed by atoms with van der Waals surface area (Å²) < 4.78 is 39.5. The van der Waals surface area contributed by atoms with Crippen molar-refractivity contribution in [1.82, 2.24) is 0 Å². The molecule has 1 aliphatic heterocycles. The molecule has 2 aromatic carbocycles. The zero-order valence-electron chi connectivity index (χ0n) is 17.7. The third kappa shape index (κ3) is 4.88. The number of hydrogen-bond donors (Lipinski definition) is 2. The van der Waals surface area contributed by atoms with Crippen LogP contribution in [0.4, 0.5) is 17.1 Å². The molecular weight excluding hydrogens is 430 g/mol. The minimum Gasteiger partial charge on any atom is -0.497 e. The molecule has 168 valence electrons. The van der Waals surface area contributed by atoms with Crippen LogP contribution in [0.15, 0.2) is 70.4 Å². The van der Waals surface area contributed by atoms with Crippen molar-refractivity contribution in [3.05, 3.63) is 66.6 Å². The van der Waals surface area contributed by atoms with Crippen LogP contribution >= 0.6 is 0 Å². The first-order valence-corrected chi connectivity index (χ1v) is 11.8. The molecular formula is C23H25N3O5S. The Labute approximate surface area is 187 Å². The lowest BCUT2D eigenvalue weighted by atomic mass is 10.1. The Morgan fingerprint density at radius 2 is 1.72 bits per heavy atom. The van der Waals surface area contributed by atoms with E-state index in [1.165, 1.54) is 18.6 Å². The third-order valence-corrected chi connectivity index (χ3v) is 6.74. The summed E-state index contributed by atoms with van der Waals surface area (Å²) >= 11 is 0. The van der Waals surface area contributed by atoms with Crippen molar-refractivity contribution < 1.29 is 22.4 Å². The predicted octanol–water partition coefficient (Wildman–Crippen LogP) is 4.33. The first-order valence-electron chi connectivity index (χ1n) is 10.4. The molecule has 0 spiro atoms. The maximum Gasteiger partial charge on any atom is 0.264 e. The van der Waals surface area contributed by atoms with Gasteiger partial charge in [-0.2, -0.15) is 0 Å². The number of ether oxygens (including phenoxy) is 1. The van der Waals surface area contributed by atoms with E-state index in [0.717, 1.165) is 32.4 Å². The number of hydrogen-bond acceptors (Lipinski definition) is 6. The molecule has 0 aliphatic carbocycles. The number of carbonyl (C=O) groups excluding carboxylic acids is 1. The summed E-state index contributed by atoms with van der Waals surface area (Å²) in [5, 5.41) is 2.74. The van der Waals surface area contributed by atoms with Gasteiger partial charge in [0.25, 0.3) is 15.9 Å². The van der Waals surface area contributed by atoms with E-state index in [-0.39, 0.29) is 10.8 Å². The van der Waals surface area contributed by atoms with Gasteiger partial charge in [0.15, 0.2) is 0 Å². The normalized spacial score (nSPS) is 14.1. The van der Waals surface area contributed by atoms with Crippen molar-refractivity contribution in [2.45, 2.75) is 24.2 Å². The summed E-state index contributed by atoms with van der Waals surface area (Å²) in [4.78, 5) is 14.6. The van der Waals surface area contributed by atoms with Gasteiger partial charge < -0.3 is 19.4 Å². The fourth-order valence-electron chi connectivity index (χ4n) is 3.67. The first-order chi connectivity index (χ1) is 15.5. The molecule has 1 saturated heterocycles. The number of sulfonamides is 1. The summed E-state index contributed by atoms with van der Waals surface area (Å²) in [6.07, 6.45) is 5.87. The summed E-state index contributed by atoms with van der Waals surface area (Å²) in [5.41, 5.74) is 1.77. The van der Waals surface area contributed by atoms with Crippen LogP contribution in [0.2, 0.25) is 0 Å². The summed E-state index contributed by atoms with van der Waals surface area (Å²) in [5.74, 6) is 0.252. The van der Waals surface area contributed by atoms with Gasteiger partial charge in [-0.25, -0.2) is 8.42 Å². The lowest BCUT2D eigenvalue weighted by Gasteiger charge is -2.30. The molecule has 0 saturated carbocycles. The number of benzene rings is 2. The second-order valence-electron chi connectivity index (χ2n) is 7.53. The monoisotopic (exact) mass is 455 g/mol. The highest BCUT2D eigenvalue weighted by Crippen LogP contribution is 2.32. The Balaban J connectivity index is 1.67. The van der Waals surface area contributed by atoms with Gasteiger partial charge in [-0.3, -0.25) is 9.52 Å². The van der Waals surface area contributed by atoms with E-state index in [1.54, 1.807) is 49.6 Å². The number of nitrogens with zero attached hydrogens (tertiary/aromatic N) is 1. The summed E-state index contributed by atoms with van der Waals surface area (Å²) in [6, 6.07) is 13.2. The van der Waals surface area contributed by atoms with Crippen molar-refractivity contribution in [3.8, 4) is 5.75 Å². The quantitative estimate of drug-likeness (QED) is 0.550. The zero-order valence-corrected chi connectivity index (χ0v) is 18.5. The van der Waals surface area contributed by atoms with Gasteiger partial charge >= 0.3 is 0 Å². The molecule has 8 nitrogen and oxygen atoms in total. The minimum atomic E-state index is -3.93. The van der Waals surface area contributed by atoms with Crippen molar-refractivity contribution in [2.24, 2.45) is 0 Å². The van der Waals surface area contributed by atoms with Gasteiger partial charge in [-0.1, -0.05) is 0 Å². The SMILES string of the molecule is COc1ccc(NS(=O)(=O)c2cc(NC(=O)c3ccoc3)ccc2N2CCCCC2)cc1. The highest BCUT2D eigenvalue weighted by Gasteiger charge is 2.24. The Hall–Kier alpha value is -3.46. The number of rotatable bonds is 7. The second kappa shape index (κ2) is 9.35. The Bertz CT molecular complexity index is 1170. The average molecular weight is 456 g/mol. The topological polar surface area (TPSA) is 101 Å². The van der Waals surface area contributed by atoms with Crippen molar-refractivity contribution in [3.63, 3.8) is 0 Å². The van der Waals surface area contributed by atoms with Crippen molar-refractivity contribution in [2.75, 3.05) is 35.1 Å². The Kier molecular flexibility index (Phi) is 6.36. The van der Waals surface area contributed by atoms with Crippen LogP contribution in [0.5, 0.6) is 5.75 Å². The number of piperidine rings is 1. The van der Waals surface area contributed by atoms with Gasteiger partial charge in [-0.05, 0) is 67.8 Å². The van der Waals surface area contributed by atoms with Gasteiger partial charge in [0.05, 0.1) is 24.6 Å². The van der Waals surface area contributed by atoms with E-state index in [1.807, 2.05) is 0 Å². The third-order valence-electron chi connectivity index (χ3n) is 5.33. The number of carbonyl (C=O) groups is 1. The molecule has 1 fully saturated rings. The molecule has 9 heteroatoms. The Morgan fingerprint density at radius 3 is 2.38 bits per heavy atom. The number of amides is 1. The van der Waals surface area contributed by atoms with Crippen LogP contribution in [0.1, 0.15) is 29.6 Å². The molecule has 0 bridgehead atoms. The fraction of sp³-hybridized carbons (Fsp3) is 0.261. The highest BCUT2D eigenvalue weighted by atomic mass is 32.2.